The van der Waals surface area contributed by atoms with E-state index in [0.717, 1.165) is 53.0 Å². The van der Waals surface area contributed by atoms with Crippen molar-refractivity contribution in [1.82, 2.24) is 29.9 Å². The molecule has 234 valence electrons. The highest BCUT2D eigenvalue weighted by atomic mass is 32.1. The van der Waals surface area contributed by atoms with Gasteiger partial charge in [0.05, 0.1) is 34.7 Å². The van der Waals surface area contributed by atoms with Crippen molar-refractivity contribution >= 4 is 40.0 Å². The molecule has 1 saturated carbocycles. The summed E-state index contributed by atoms with van der Waals surface area (Å²) >= 11 is 1.61. The fourth-order valence-electron chi connectivity index (χ4n) is 6.91. The van der Waals surface area contributed by atoms with Crippen LogP contribution in [0.3, 0.4) is 0 Å². The number of pyridine rings is 1. The van der Waals surface area contributed by atoms with E-state index in [0.29, 0.717) is 44.2 Å². The van der Waals surface area contributed by atoms with Crippen LogP contribution in [-0.2, 0) is 16.1 Å². The van der Waals surface area contributed by atoms with Crippen LogP contribution >= 0.6 is 11.3 Å². The number of piperazine rings is 2. The number of aromatic nitrogens is 1. The zero-order chi connectivity index (χ0) is 30.6. The Bertz CT molecular complexity index is 1480. The Balaban J connectivity index is 1.25. The lowest BCUT2D eigenvalue weighted by atomic mass is 9.84. The van der Waals surface area contributed by atoms with Crippen LogP contribution < -0.4 is 5.32 Å². The Morgan fingerprint density at radius 1 is 1.00 bits per heavy atom. The summed E-state index contributed by atoms with van der Waals surface area (Å²) < 4.78 is 0. The van der Waals surface area contributed by atoms with Crippen molar-refractivity contribution in [3.05, 3.63) is 52.9 Å². The number of amides is 3. The minimum absolute atomic E-state index is 0.0182. The van der Waals surface area contributed by atoms with Gasteiger partial charge in [-0.2, -0.15) is 0 Å². The lowest BCUT2D eigenvalue weighted by molar-refractivity contribution is -0.144. The Morgan fingerprint density at radius 2 is 1.77 bits per heavy atom. The molecule has 44 heavy (non-hydrogen) atoms. The van der Waals surface area contributed by atoms with Crippen LogP contribution in [0.2, 0.25) is 0 Å². The second kappa shape index (κ2) is 13.7. The molecule has 9 nitrogen and oxygen atoms in total. The Kier molecular flexibility index (Phi) is 9.59. The van der Waals surface area contributed by atoms with Crippen LogP contribution in [0.25, 0.3) is 21.5 Å². The van der Waals surface area contributed by atoms with Crippen LogP contribution in [-0.4, -0.2) is 108 Å². The van der Waals surface area contributed by atoms with Crippen molar-refractivity contribution < 1.29 is 14.4 Å². The lowest BCUT2D eigenvalue weighted by Gasteiger charge is -2.37. The van der Waals surface area contributed by atoms with E-state index in [1.165, 1.54) is 19.3 Å². The van der Waals surface area contributed by atoms with Crippen LogP contribution in [0, 0.1) is 5.92 Å². The highest BCUT2D eigenvalue weighted by Gasteiger charge is 2.31. The highest BCUT2D eigenvalue weighted by Crippen LogP contribution is 2.34. The molecule has 1 aliphatic carbocycles. The largest absolute Gasteiger partial charge is 0.349 e. The summed E-state index contributed by atoms with van der Waals surface area (Å²) in [5.41, 5.74) is 3.10. The number of nitrogens with zero attached hydrogens (tertiary/aromatic N) is 5. The van der Waals surface area contributed by atoms with Gasteiger partial charge in [-0.1, -0.05) is 43.5 Å². The van der Waals surface area contributed by atoms with Gasteiger partial charge in [0.25, 0.3) is 5.91 Å². The van der Waals surface area contributed by atoms with E-state index >= 15 is 0 Å². The molecule has 0 radical (unpaired) electrons. The van der Waals surface area contributed by atoms with Gasteiger partial charge in [0, 0.05) is 62.8 Å². The van der Waals surface area contributed by atoms with Crippen LogP contribution in [0.5, 0.6) is 0 Å². The summed E-state index contributed by atoms with van der Waals surface area (Å²) in [5.74, 6) is 0.379. The maximum atomic E-state index is 14.2. The minimum Gasteiger partial charge on any atom is -0.349 e. The average molecular weight is 617 g/mol. The van der Waals surface area contributed by atoms with E-state index in [9.17, 15) is 14.4 Å². The topological polar surface area (TPSA) is 89.1 Å². The number of thiophene rings is 1. The predicted octanol–water partition coefficient (Wildman–Crippen LogP) is 4.08. The summed E-state index contributed by atoms with van der Waals surface area (Å²) in [5, 5.41) is 6.24. The molecule has 2 aromatic heterocycles. The van der Waals surface area contributed by atoms with Gasteiger partial charge in [-0.3, -0.25) is 19.3 Å². The molecule has 4 heterocycles. The lowest BCUT2D eigenvalue weighted by Crippen LogP contribution is -2.55. The van der Waals surface area contributed by atoms with Crippen molar-refractivity contribution in [2.75, 3.05) is 59.4 Å². The summed E-state index contributed by atoms with van der Waals surface area (Å²) in [4.78, 5) is 54.5. The zero-order valence-corrected chi connectivity index (χ0v) is 26.8. The smallest absolute Gasteiger partial charge is 0.252 e. The zero-order valence-electron chi connectivity index (χ0n) is 26.0. The van der Waals surface area contributed by atoms with Gasteiger partial charge in [0.1, 0.15) is 0 Å². The number of nitrogens with one attached hydrogen (secondary N) is 1. The number of para-hydroxylation sites is 1. The van der Waals surface area contributed by atoms with Gasteiger partial charge in [-0.05, 0) is 50.2 Å². The second-order valence-corrected chi connectivity index (χ2v) is 13.6. The fraction of sp³-hybridized carbons (Fsp3) is 0.529. The van der Waals surface area contributed by atoms with Gasteiger partial charge in [0.15, 0.2) is 0 Å². The first-order chi connectivity index (χ1) is 21.4. The summed E-state index contributed by atoms with van der Waals surface area (Å²) in [6.07, 6.45) is 6.01. The van der Waals surface area contributed by atoms with Crippen LogP contribution in [0.1, 0.15) is 54.9 Å². The van der Waals surface area contributed by atoms with Gasteiger partial charge in [-0.15, -0.1) is 11.3 Å². The standard InChI is InChI=1S/C34H44N6O3S/c1-24(25-9-4-3-5-10-25)35-34(43)32-26-11-6-7-12-28(26)36-33(29-13-8-20-44-29)27(32)21-38-16-19-40(30(41)22-38)23-31(42)39-17-14-37(2)15-18-39/h6-8,11-13,20,24-25H,3-5,9-10,14-19,21-23H2,1-2H3,(H,35,43)/t24-/m0/s1. The molecule has 3 aromatic rings. The molecular formula is C34H44N6O3S. The van der Waals surface area contributed by atoms with Crippen molar-refractivity contribution in [1.29, 1.82) is 0 Å². The Hall–Kier alpha value is -3.34. The number of likely N-dealkylation sites (N-methyl/N-ethyl adjacent to an activating group) is 1. The van der Waals surface area contributed by atoms with Crippen molar-refractivity contribution in [2.45, 2.75) is 51.6 Å². The number of hydrogen-bond donors (Lipinski definition) is 1. The number of carbonyl (C=O) groups excluding carboxylic acids is 3. The maximum Gasteiger partial charge on any atom is 0.252 e. The summed E-state index contributed by atoms with van der Waals surface area (Å²) in [6, 6.07) is 12.0. The molecule has 0 unspecified atom stereocenters. The predicted molar refractivity (Wildman–Crippen MR) is 174 cm³/mol. The van der Waals surface area contributed by atoms with E-state index in [2.05, 4.69) is 29.1 Å². The summed E-state index contributed by atoms with van der Waals surface area (Å²) in [6.45, 7) is 7.11. The van der Waals surface area contributed by atoms with E-state index < -0.39 is 0 Å². The highest BCUT2D eigenvalue weighted by molar-refractivity contribution is 7.13. The van der Waals surface area contributed by atoms with E-state index in [-0.39, 0.29) is 36.9 Å². The van der Waals surface area contributed by atoms with E-state index in [1.54, 1.807) is 16.2 Å². The van der Waals surface area contributed by atoms with Crippen molar-refractivity contribution in [3.63, 3.8) is 0 Å². The number of benzene rings is 1. The normalized spacial score (nSPS) is 19.8. The molecule has 3 fully saturated rings. The van der Waals surface area contributed by atoms with E-state index in [4.69, 9.17) is 4.98 Å². The minimum atomic E-state index is -0.0720. The quantitative estimate of drug-likeness (QED) is 0.411. The van der Waals surface area contributed by atoms with Gasteiger partial charge < -0.3 is 20.0 Å². The monoisotopic (exact) mass is 616 g/mol. The second-order valence-electron chi connectivity index (χ2n) is 12.7. The van der Waals surface area contributed by atoms with Crippen LogP contribution in [0.15, 0.2) is 41.8 Å². The number of fused-ring (bicyclic) bond motifs is 1. The summed E-state index contributed by atoms with van der Waals surface area (Å²) in [7, 11) is 2.06. The number of rotatable bonds is 8. The molecule has 1 aromatic carbocycles. The third-order valence-electron chi connectivity index (χ3n) is 9.65. The first-order valence-electron chi connectivity index (χ1n) is 16.1. The first-order valence-corrected chi connectivity index (χ1v) is 17.0. The molecule has 0 spiro atoms. The van der Waals surface area contributed by atoms with Crippen LogP contribution in [0.4, 0.5) is 0 Å². The van der Waals surface area contributed by atoms with Gasteiger partial charge in [-0.25, -0.2) is 4.98 Å². The van der Waals surface area contributed by atoms with Crippen molar-refractivity contribution in [2.24, 2.45) is 5.92 Å². The molecular weight excluding hydrogens is 572 g/mol. The fourth-order valence-corrected chi connectivity index (χ4v) is 7.66. The Morgan fingerprint density at radius 3 is 2.50 bits per heavy atom. The van der Waals surface area contributed by atoms with E-state index in [1.807, 2.05) is 46.7 Å². The molecule has 0 bridgehead atoms. The third kappa shape index (κ3) is 6.82. The molecule has 1 N–H and O–H groups in total. The van der Waals surface area contributed by atoms with Gasteiger partial charge >= 0.3 is 0 Å². The maximum absolute atomic E-state index is 14.2. The third-order valence-corrected chi connectivity index (χ3v) is 10.5. The molecule has 2 aliphatic heterocycles. The van der Waals surface area contributed by atoms with Crippen molar-refractivity contribution in [3.8, 4) is 10.6 Å². The molecule has 3 amide bonds. The molecule has 1 atom stereocenters. The SMILES string of the molecule is C[C@H](NC(=O)c1c(CN2CCN(CC(=O)N3CCN(C)CC3)C(=O)C2)c(-c2cccs2)nc2ccccc12)C1CCCCC1. The molecule has 6 rings (SSSR count). The average Bonchev–Trinajstić information content (AvgIpc) is 3.57. The molecule has 3 aliphatic rings. The molecule has 10 heteroatoms. The number of hydrogen-bond acceptors (Lipinski definition) is 7. The first kappa shape index (κ1) is 30.7. The molecule has 2 saturated heterocycles. The van der Waals surface area contributed by atoms with Gasteiger partial charge in [0.2, 0.25) is 11.8 Å². The number of carbonyl (C=O) groups is 3. The Labute approximate surface area is 264 Å².